The lowest BCUT2D eigenvalue weighted by molar-refractivity contribution is 0.343. The lowest BCUT2D eigenvalue weighted by Gasteiger charge is -2.16. The van der Waals surface area contributed by atoms with Gasteiger partial charge in [-0.1, -0.05) is 6.07 Å². The van der Waals surface area contributed by atoms with Crippen molar-refractivity contribution in [3.63, 3.8) is 0 Å². The first-order chi connectivity index (χ1) is 6.66. The van der Waals surface area contributed by atoms with Crippen molar-refractivity contribution in [1.29, 1.82) is 0 Å². The maximum Gasteiger partial charge on any atom is 0.253 e. The van der Waals surface area contributed by atoms with Crippen LogP contribution in [0.5, 0.6) is 11.5 Å². The molecule has 1 aliphatic rings. The molecule has 0 saturated heterocycles. The zero-order valence-electron chi connectivity index (χ0n) is 7.39. The van der Waals surface area contributed by atoms with Crippen LogP contribution in [-0.2, 0) is 11.1 Å². The molecule has 0 aliphatic carbocycles. The summed E-state index contributed by atoms with van der Waals surface area (Å²) >= 11 is -2.15. The summed E-state index contributed by atoms with van der Waals surface area (Å²) in [6.45, 7) is 1.90. The highest BCUT2D eigenvalue weighted by atomic mass is 32.2. The van der Waals surface area contributed by atoms with Gasteiger partial charge in [0, 0.05) is 0 Å². The maximum atomic E-state index is 10.7. The Morgan fingerprint density at radius 2 is 2.14 bits per heavy atom. The second-order valence-electron chi connectivity index (χ2n) is 2.86. The lowest BCUT2D eigenvalue weighted by atomic mass is 10.2. The van der Waals surface area contributed by atoms with Crippen LogP contribution < -0.4 is 9.47 Å². The van der Waals surface area contributed by atoms with Gasteiger partial charge in [-0.15, -0.1) is 0 Å². The van der Waals surface area contributed by atoms with Gasteiger partial charge >= 0.3 is 0 Å². The fraction of sp³-hybridized carbons (Fsp3) is 0.111. The average molecular weight is 212 g/mol. The molecular formula is C9H8O4S. The first-order valence-corrected chi connectivity index (χ1v) is 5.03. The quantitative estimate of drug-likeness (QED) is 0.721. The van der Waals surface area contributed by atoms with Crippen LogP contribution in [0.2, 0.25) is 0 Å². The molecule has 1 aromatic carbocycles. The Balaban J connectivity index is 2.35. The third-order valence-corrected chi connectivity index (χ3v) is 2.29. The molecule has 0 radical (unpaired) electrons. The molecule has 2 rings (SSSR count). The Hall–Kier alpha value is -1.33. The number of aryl methyl sites for hydroxylation is 1. The number of fused-ring (bicyclic) bond motifs is 1. The predicted molar refractivity (Wildman–Crippen MR) is 51.3 cm³/mol. The summed E-state index contributed by atoms with van der Waals surface area (Å²) in [5.41, 5.74) is 0.998. The van der Waals surface area contributed by atoms with Gasteiger partial charge in [-0.25, -0.2) is 4.21 Å². The second-order valence-corrected chi connectivity index (χ2v) is 3.76. The van der Waals surface area contributed by atoms with Gasteiger partial charge in [-0.05, 0) is 24.6 Å². The van der Waals surface area contributed by atoms with Crippen LogP contribution in [0.15, 0.2) is 29.6 Å². The second kappa shape index (κ2) is 3.43. The third-order valence-electron chi connectivity index (χ3n) is 1.76. The first kappa shape index (κ1) is 9.23. The van der Waals surface area contributed by atoms with Gasteiger partial charge in [0.2, 0.25) is 11.1 Å². The van der Waals surface area contributed by atoms with E-state index in [4.69, 9.17) is 14.0 Å². The molecule has 0 amide bonds. The Bertz CT molecular complexity index is 425. The molecule has 0 fully saturated rings. The van der Waals surface area contributed by atoms with Crippen molar-refractivity contribution in [1.82, 2.24) is 0 Å². The van der Waals surface area contributed by atoms with Crippen molar-refractivity contribution in [2.24, 2.45) is 0 Å². The Kier molecular flexibility index (Phi) is 2.26. The summed E-state index contributed by atoms with van der Waals surface area (Å²) in [4.78, 5) is 0. The van der Waals surface area contributed by atoms with Crippen LogP contribution >= 0.6 is 0 Å². The first-order valence-electron chi connectivity index (χ1n) is 3.93. The number of ether oxygens (including phenoxy) is 2. The molecule has 74 valence electrons. The highest BCUT2D eigenvalue weighted by Gasteiger charge is 2.17. The van der Waals surface area contributed by atoms with Crippen LogP contribution in [0.3, 0.4) is 0 Å². The largest absolute Gasteiger partial charge is 0.456 e. The minimum Gasteiger partial charge on any atom is -0.456 e. The van der Waals surface area contributed by atoms with E-state index in [1.807, 2.05) is 13.0 Å². The number of hydrogen-bond donors (Lipinski definition) is 1. The van der Waals surface area contributed by atoms with Crippen LogP contribution in [0.25, 0.3) is 0 Å². The van der Waals surface area contributed by atoms with E-state index in [9.17, 15) is 4.21 Å². The van der Waals surface area contributed by atoms with E-state index >= 15 is 0 Å². The predicted octanol–water partition coefficient (Wildman–Crippen LogP) is 1.79. The molecule has 5 heteroatoms. The van der Waals surface area contributed by atoms with E-state index in [0.717, 1.165) is 11.8 Å². The number of benzene rings is 1. The third kappa shape index (κ3) is 1.64. The summed E-state index contributed by atoms with van der Waals surface area (Å²) in [6, 6.07) is 5.37. The molecule has 14 heavy (non-hydrogen) atoms. The zero-order chi connectivity index (χ0) is 10.1. The molecule has 1 heterocycles. The van der Waals surface area contributed by atoms with E-state index in [2.05, 4.69) is 0 Å². The van der Waals surface area contributed by atoms with E-state index in [0.29, 0.717) is 11.5 Å². The van der Waals surface area contributed by atoms with Crippen molar-refractivity contribution in [3.05, 3.63) is 35.1 Å². The average Bonchev–Trinajstić information content (AvgIpc) is 2.16. The Morgan fingerprint density at radius 1 is 1.36 bits per heavy atom. The van der Waals surface area contributed by atoms with Crippen LogP contribution in [-0.4, -0.2) is 8.76 Å². The summed E-state index contributed by atoms with van der Waals surface area (Å²) in [5, 5.41) is -0.0944. The van der Waals surface area contributed by atoms with Gasteiger partial charge < -0.3 is 9.47 Å². The molecule has 0 aromatic heterocycles. The lowest BCUT2D eigenvalue weighted by Crippen LogP contribution is -2.09. The molecule has 1 aliphatic heterocycles. The normalized spacial score (nSPS) is 16.0. The minimum absolute atomic E-state index is 0.0944. The minimum atomic E-state index is -2.15. The van der Waals surface area contributed by atoms with Gasteiger partial charge in [0.1, 0.15) is 6.26 Å². The number of rotatable bonds is 1. The molecule has 0 spiro atoms. The summed E-state index contributed by atoms with van der Waals surface area (Å²) in [5.74, 6) is 1.01. The van der Waals surface area contributed by atoms with Crippen LogP contribution in [0.4, 0.5) is 0 Å². The molecule has 1 atom stereocenters. The van der Waals surface area contributed by atoms with Crippen LogP contribution in [0.1, 0.15) is 5.56 Å². The summed E-state index contributed by atoms with van der Waals surface area (Å²) in [6.07, 6.45) is 1.13. The molecule has 0 saturated carbocycles. The molecular weight excluding hydrogens is 204 g/mol. The van der Waals surface area contributed by atoms with Gasteiger partial charge in [0.05, 0.1) is 0 Å². The van der Waals surface area contributed by atoms with Gasteiger partial charge in [-0.3, -0.25) is 4.55 Å². The van der Waals surface area contributed by atoms with E-state index < -0.39 is 11.1 Å². The molecule has 1 N–H and O–H groups in total. The van der Waals surface area contributed by atoms with Gasteiger partial charge in [-0.2, -0.15) is 0 Å². The summed E-state index contributed by atoms with van der Waals surface area (Å²) in [7, 11) is 0. The SMILES string of the molecule is Cc1ccc2c(c1)OC(S(=O)O)=CO2. The topological polar surface area (TPSA) is 55.8 Å². The zero-order valence-corrected chi connectivity index (χ0v) is 8.21. The maximum absolute atomic E-state index is 10.7. The highest BCUT2D eigenvalue weighted by molar-refractivity contribution is 7.83. The van der Waals surface area contributed by atoms with Crippen molar-refractivity contribution >= 4 is 11.1 Å². The van der Waals surface area contributed by atoms with Crippen molar-refractivity contribution in [2.45, 2.75) is 6.92 Å². The number of hydrogen-bond acceptors (Lipinski definition) is 3. The monoisotopic (exact) mass is 212 g/mol. The van der Waals surface area contributed by atoms with Crippen LogP contribution in [0, 0.1) is 6.92 Å². The van der Waals surface area contributed by atoms with E-state index in [1.165, 1.54) is 0 Å². The fourth-order valence-corrected chi connectivity index (χ4v) is 1.40. The van der Waals surface area contributed by atoms with Crippen molar-refractivity contribution in [3.8, 4) is 11.5 Å². The summed E-state index contributed by atoms with van der Waals surface area (Å²) < 4.78 is 29.7. The van der Waals surface area contributed by atoms with Crippen molar-refractivity contribution in [2.75, 3.05) is 0 Å². The molecule has 0 bridgehead atoms. The van der Waals surface area contributed by atoms with Gasteiger partial charge in [0.25, 0.3) is 5.09 Å². The van der Waals surface area contributed by atoms with E-state index in [1.54, 1.807) is 12.1 Å². The smallest absolute Gasteiger partial charge is 0.253 e. The molecule has 1 aromatic rings. The fourth-order valence-electron chi connectivity index (χ4n) is 1.11. The van der Waals surface area contributed by atoms with Gasteiger partial charge in [0.15, 0.2) is 11.5 Å². The Morgan fingerprint density at radius 3 is 2.86 bits per heavy atom. The molecule has 1 unspecified atom stereocenters. The van der Waals surface area contributed by atoms with E-state index in [-0.39, 0.29) is 5.09 Å². The standard InChI is InChI=1S/C9H8O4S/c1-6-2-3-7-8(4-6)13-9(5-12-7)14(10)11/h2-5H,1H3,(H,10,11). The van der Waals surface area contributed by atoms with Crippen molar-refractivity contribution < 1.29 is 18.2 Å². The highest BCUT2D eigenvalue weighted by Crippen LogP contribution is 2.33. The molecule has 4 nitrogen and oxygen atoms in total. The Labute approximate surface area is 83.4 Å².